The third kappa shape index (κ3) is 2.95. The third-order valence-corrected chi connectivity index (χ3v) is 5.92. The van der Waals surface area contributed by atoms with E-state index in [1.165, 1.54) is 29.1 Å². The van der Waals surface area contributed by atoms with Gasteiger partial charge in [-0.25, -0.2) is 0 Å². The summed E-state index contributed by atoms with van der Waals surface area (Å²) >= 11 is 3.70. The van der Waals surface area contributed by atoms with Crippen LogP contribution in [0.2, 0.25) is 0 Å². The first-order valence-corrected chi connectivity index (χ1v) is 9.05. The van der Waals surface area contributed by atoms with Crippen LogP contribution in [0.4, 0.5) is 0 Å². The molecule has 2 bridgehead atoms. The maximum absolute atomic E-state index is 12.3. The van der Waals surface area contributed by atoms with Crippen molar-refractivity contribution in [2.45, 2.75) is 57.0 Å². The van der Waals surface area contributed by atoms with E-state index < -0.39 is 0 Å². The Hall–Kier alpha value is -0.870. The molecule has 0 spiro atoms. The molecule has 3 nitrogen and oxygen atoms in total. The van der Waals surface area contributed by atoms with Gasteiger partial charge in [0.1, 0.15) is 0 Å². The van der Waals surface area contributed by atoms with Crippen LogP contribution in [0.5, 0.6) is 0 Å². The number of esters is 1. The smallest absolute Gasteiger partial charge is 0.310 e. The van der Waals surface area contributed by atoms with Crippen LogP contribution in [-0.4, -0.2) is 25.2 Å². The number of halogens is 1. The van der Waals surface area contributed by atoms with Crippen molar-refractivity contribution in [3.05, 3.63) is 33.8 Å². The molecule has 22 heavy (non-hydrogen) atoms. The second-order valence-corrected chi connectivity index (χ2v) is 7.39. The Balaban J connectivity index is 1.91. The predicted octanol–water partition coefficient (Wildman–Crippen LogP) is 3.80. The normalized spacial score (nSPS) is 30.3. The molecule has 1 aromatic carbocycles. The summed E-state index contributed by atoms with van der Waals surface area (Å²) in [6, 6.07) is 7.45. The minimum absolute atomic E-state index is 0.0623. The molecule has 2 heterocycles. The SMILES string of the molecule is CCCc1ccc([C@H]2C[C@H]3CCC(N3)C2C(=O)OC)cc1Br. The summed E-state index contributed by atoms with van der Waals surface area (Å²) < 4.78 is 6.26. The maximum atomic E-state index is 12.3. The van der Waals surface area contributed by atoms with Crippen LogP contribution in [0.25, 0.3) is 0 Å². The minimum atomic E-state index is -0.0726. The molecule has 0 amide bonds. The van der Waals surface area contributed by atoms with Crippen molar-refractivity contribution >= 4 is 21.9 Å². The number of rotatable bonds is 4. The standard InChI is InChI=1S/C18H24BrNO2/c1-3-4-11-5-6-12(9-15(11)19)14-10-13-7-8-16(20-13)17(14)18(21)22-2/h5-6,9,13-14,16-17,20H,3-4,7-8,10H2,1-2H3/t13-,14-,16?,17?/m1/s1. The van der Waals surface area contributed by atoms with Gasteiger partial charge in [0, 0.05) is 22.5 Å². The van der Waals surface area contributed by atoms with E-state index in [4.69, 9.17) is 4.74 Å². The first-order valence-electron chi connectivity index (χ1n) is 8.26. The number of benzene rings is 1. The van der Waals surface area contributed by atoms with Crippen LogP contribution in [0.3, 0.4) is 0 Å². The molecule has 0 radical (unpaired) electrons. The first kappa shape index (κ1) is 16.0. The van der Waals surface area contributed by atoms with E-state index in [2.05, 4.69) is 46.4 Å². The summed E-state index contributed by atoms with van der Waals surface area (Å²) in [5.41, 5.74) is 2.61. The highest BCUT2D eigenvalue weighted by Crippen LogP contribution is 2.43. The van der Waals surface area contributed by atoms with Crippen LogP contribution in [0, 0.1) is 5.92 Å². The number of methoxy groups -OCH3 is 1. The lowest BCUT2D eigenvalue weighted by Gasteiger charge is -2.36. The third-order valence-electron chi connectivity index (χ3n) is 5.18. The molecule has 2 aliphatic rings. The number of hydrogen-bond acceptors (Lipinski definition) is 3. The van der Waals surface area contributed by atoms with Crippen LogP contribution >= 0.6 is 15.9 Å². The number of hydrogen-bond donors (Lipinski definition) is 1. The van der Waals surface area contributed by atoms with Crippen molar-refractivity contribution in [1.29, 1.82) is 0 Å². The molecule has 1 aromatic rings. The van der Waals surface area contributed by atoms with E-state index in [1.807, 2.05) is 0 Å². The number of piperidine rings is 1. The molecule has 0 aromatic heterocycles. The monoisotopic (exact) mass is 365 g/mol. The molecule has 0 aliphatic carbocycles. The first-order chi connectivity index (χ1) is 10.6. The second kappa shape index (κ2) is 6.71. The summed E-state index contributed by atoms with van der Waals surface area (Å²) in [5, 5.41) is 3.59. The molecular formula is C18H24BrNO2. The van der Waals surface area contributed by atoms with Crippen molar-refractivity contribution in [3.63, 3.8) is 0 Å². The van der Waals surface area contributed by atoms with Crippen LogP contribution in [0.15, 0.2) is 22.7 Å². The highest BCUT2D eigenvalue weighted by molar-refractivity contribution is 9.10. The van der Waals surface area contributed by atoms with Crippen molar-refractivity contribution < 1.29 is 9.53 Å². The van der Waals surface area contributed by atoms with Crippen molar-refractivity contribution in [2.75, 3.05) is 7.11 Å². The van der Waals surface area contributed by atoms with Gasteiger partial charge in [-0.3, -0.25) is 4.79 Å². The lowest BCUT2D eigenvalue weighted by molar-refractivity contribution is -0.148. The zero-order valence-corrected chi connectivity index (χ0v) is 14.9. The van der Waals surface area contributed by atoms with Gasteiger partial charge < -0.3 is 10.1 Å². The fraction of sp³-hybridized carbons (Fsp3) is 0.611. The number of aryl methyl sites for hydroxylation is 1. The van der Waals surface area contributed by atoms with Gasteiger partial charge in [0.15, 0.2) is 0 Å². The highest BCUT2D eigenvalue weighted by Gasteiger charge is 2.46. The number of nitrogens with one attached hydrogen (secondary N) is 1. The van der Waals surface area contributed by atoms with Crippen molar-refractivity contribution in [2.24, 2.45) is 5.92 Å². The van der Waals surface area contributed by atoms with Gasteiger partial charge in [0.05, 0.1) is 13.0 Å². The largest absolute Gasteiger partial charge is 0.469 e. The van der Waals surface area contributed by atoms with Gasteiger partial charge in [0.2, 0.25) is 0 Å². The van der Waals surface area contributed by atoms with Crippen molar-refractivity contribution in [1.82, 2.24) is 5.32 Å². The van der Waals surface area contributed by atoms with E-state index >= 15 is 0 Å². The summed E-state index contributed by atoms with van der Waals surface area (Å²) in [4.78, 5) is 12.3. The molecular weight excluding hydrogens is 342 g/mol. The van der Waals surface area contributed by atoms with Gasteiger partial charge in [-0.1, -0.05) is 41.4 Å². The van der Waals surface area contributed by atoms with Gasteiger partial charge in [-0.05, 0) is 42.9 Å². The molecule has 2 aliphatic heterocycles. The molecule has 3 rings (SSSR count). The molecule has 120 valence electrons. The lowest BCUT2D eigenvalue weighted by Crippen LogP contribution is -2.48. The summed E-state index contributed by atoms with van der Waals surface area (Å²) in [6.45, 7) is 2.19. The summed E-state index contributed by atoms with van der Waals surface area (Å²) in [6.07, 6.45) is 5.49. The number of ether oxygens (including phenoxy) is 1. The van der Waals surface area contributed by atoms with E-state index in [-0.39, 0.29) is 23.8 Å². The Morgan fingerprint density at radius 3 is 2.91 bits per heavy atom. The van der Waals surface area contributed by atoms with Gasteiger partial charge in [0.25, 0.3) is 0 Å². The lowest BCUT2D eigenvalue weighted by atomic mass is 9.77. The van der Waals surface area contributed by atoms with Crippen LogP contribution in [-0.2, 0) is 16.0 Å². The Morgan fingerprint density at radius 2 is 2.23 bits per heavy atom. The number of carbonyl (C=O) groups is 1. The number of carbonyl (C=O) groups excluding carboxylic acids is 1. The molecule has 2 fully saturated rings. The second-order valence-electron chi connectivity index (χ2n) is 6.54. The van der Waals surface area contributed by atoms with Gasteiger partial charge in [-0.15, -0.1) is 0 Å². The Kier molecular flexibility index (Phi) is 4.88. The van der Waals surface area contributed by atoms with Crippen molar-refractivity contribution in [3.8, 4) is 0 Å². The number of fused-ring (bicyclic) bond motifs is 2. The highest BCUT2D eigenvalue weighted by atomic mass is 79.9. The fourth-order valence-electron chi connectivity index (χ4n) is 4.13. The average molecular weight is 366 g/mol. The van der Waals surface area contributed by atoms with Crippen LogP contribution in [0.1, 0.15) is 49.7 Å². The van der Waals surface area contributed by atoms with E-state index in [9.17, 15) is 4.79 Å². The Labute approximate surface area is 140 Å². The van der Waals surface area contributed by atoms with E-state index in [0.29, 0.717) is 6.04 Å². The quantitative estimate of drug-likeness (QED) is 0.824. The fourth-order valence-corrected chi connectivity index (χ4v) is 4.72. The van der Waals surface area contributed by atoms with E-state index in [0.717, 1.165) is 25.7 Å². The zero-order chi connectivity index (χ0) is 15.7. The molecule has 2 unspecified atom stereocenters. The van der Waals surface area contributed by atoms with Gasteiger partial charge >= 0.3 is 5.97 Å². The molecule has 4 heteroatoms. The molecule has 0 saturated carbocycles. The minimum Gasteiger partial charge on any atom is -0.469 e. The Bertz CT molecular complexity index is 560. The Morgan fingerprint density at radius 1 is 1.41 bits per heavy atom. The van der Waals surface area contributed by atoms with E-state index in [1.54, 1.807) is 0 Å². The molecule has 4 atom stereocenters. The van der Waals surface area contributed by atoms with Crippen LogP contribution < -0.4 is 5.32 Å². The summed E-state index contributed by atoms with van der Waals surface area (Å²) in [5.74, 6) is 0.127. The van der Waals surface area contributed by atoms with Gasteiger partial charge in [-0.2, -0.15) is 0 Å². The predicted molar refractivity (Wildman–Crippen MR) is 90.9 cm³/mol. The summed E-state index contributed by atoms with van der Waals surface area (Å²) in [7, 11) is 1.50. The maximum Gasteiger partial charge on any atom is 0.310 e. The average Bonchev–Trinajstić information content (AvgIpc) is 2.90. The topological polar surface area (TPSA) is 38.3 Å². The zero-order valence-electron chi connectivity index (χ0n) is 13.3. The molecule has 2 saturated heterocycles. The molecule has 1 N–H and O–H groups in total.